The molecule has 0 aliphatic carbocycles. The lowest BCUT2D eigenvalue weighted by molar-refractivity contribution is -0.112. The monoisotopic (exact) mass is 669 g/mol. The molecule has 1 aliphatic rings. The number of anilines is 2. The van der Waals surface area contributed by atoms with E-state index in [9.17, 15) is 9.00 Å². The van der Waals surface area contributed by atoms with Gasteiger partial charge in [0, 0.05) is 48.1 Å². The average molecular weight is 670 g/mol. The molecule has 1 aromatic heterocycles. The fraction of sp³-hybridized carbons (Fsp3) is 0.395. The summed E-state index contributed by atoms with van der Waals surface area (Å²) < 4.78 is 26.4. The third kappa shape index (κ3) is 9.41. The van der Waals surface area contributed by atoms with E-state index < -0.39 is 10.8 Å². The van der Waals surface area contributed by atoms with Crippen molar-refractivity contribution in [3.8, 4) is 16.9 Å². The van der Waals surface area contributed by atoms with E-state index in [4.69, 9.17) is 9.47 Å². The molecule has 2 heterocycles. The maximum atomic E-state index is 13.6. The van der Waals surface area contributed by atoms with Crippen molar-refractivity contribution in [1.82, 2.24) is 14.8 Å². The van der Waals surface area contributed by atoms with Gasteiger partial charge < -0.3 is 24.3 Å². The van der Waals surface area contributed by atoms with Gasteiger partial charge in [-0.05, 0) is 97.0 Å². The van der Waals surface area contributed by atoms with Crippen LogP contribution in [0.25, 0.3) is 17.2 Å². The number of carbonyl (C=O) groups is 1. The highest BCUT2D eigenvalue weighted by Gasteiger charge is 2.20. The first-order valence-corrected chi connectivity index (χ1v) is 18.4. The predicted octanol–water partition coefficient (Wildman–Crippen LogP) is 7.50. The Kier molecular flexibility index (Phi) is 13.0. The van der Waals surface area contributed by atoms with Crippen LogP contribution < -0.4 is 15.0 Å². The molecule has 9 nitrogen and oxygen atoms in total. The number of carbonyl (C=O) groups excluding carboxylic acids is 1. The van der Waals surface area contributed by atoms with Crippen LogP contribution in [-0.2, 0) is 32.6 Å². The Morgan fingerprint density at radius 1 is 0.896 bits per heavy atom. The molecule has 4 aromatic rings. The van der Waals surface area contributed by atoms with Crippen molar-refractivity contribution in [2.24, 2.45) is 0 Å². The highest BCUT2D eigenvalue weighted by molar-refractivity contribution is 7.84. The number of amides is 1. The first-order chi connectivity index (χ1) is 23.5. The second-order valence-corrected chi connectivity index (χ2v) is 13.4. The van der Waals surface area contributed by atoms with Crippen LogP contribution in [0.4, 0.5) is 11.4 Å². The van der Waals surface area contributed by atoms with E-state index in [0.717, 1.165) is 85.6 Å². The molecule has 0 radical (unpaired) electrons. The molecule has 48 heavy (non-hydrogen) atoms. The molecule has 5 rings (SSSR count). The van der Waals surface area contributed by atoms with Crippen molar-refractivity contribution in [2.75, 3.05) is 43.1 Å². The number of aromatic nitrogens is 3. The van der Waals surface area contributed by atoms with Gasteiger partial charge in [0.05, 0.1) is 23.2 Å². The van der Waals surface area contributed by atoms with Gasteiger partial charge in [0.2, 0.25) is 0 Å². The van der Waals surface area contributed by atoms with Crippen LogP contribution in [0.3, 0.4) is 0 Å². The zero-order chi connectivity index (χ0) is 33.7. The summed E-state index contributed by atoms with van der Waals surface area (Å²) >= 11 is 0. The SMILES string of the molecule is CCCCOCCOc1ccc(-c2ccc3c(c2)C=C(C(=O)Nc2ccc(S(=O)Cc4nncn4CCC)cc2)CCN3CCC)cc1. The molecule has 1 unspecified atom stereocenters. The second-order valence-electron chi connectivity index (χ2n) is 11.9. The number of fused-ring (bicyclic) bond motifs is 1. The third-order valence-electron chi connectivity index (χ3n) is 8.26. The van der Waals surface area contributed by atoms with Gasteiger partial charge in [-0.3, -0.25) is 9.00 Å². The number of rotatable bonds is 17. The van der Waals surface area contributed by atoms with Gasteiger partial charge in [-0.1, -0.05) is 45.4 Å². The van der Waals surface area contributed by atoms with Crippen LogP contribution in [0, 0.1) is 0 Å². The molecule has 3 aromatic carbocycles. The van der Waals surface area contributed by atoms with E-state index in [1.165, 1.54) is 0 Å². The van der Waals surface area contributed by atoms with Gasteiger partial charge in [0.25, 0.3) is 5.91 Å². The van der Waals surface area contributed by atoms with Gasteiger partial charge in [-0.25, -0.2) is 0 Å². The Bertz CT molecular complexity index is 1680. The fourth-order valence-electron chi connectivity index (χ4n) is 5.69. The minimum absolute atomic E-state index is 0.133. The number of nitrogens with one attached hydrogen (secondary N) is 1. The lowest BCUT2D eigenvalue weighted by Crippen LogP contribution is -2.26. The third-order valence-corrected chi connectivity index (χ3v) is 9.57. The molecular formula is C38H47N5O4S. The van der Waals surface area contributed by atoms with Crippen LogP contribution in [-0.4, -0.2) is 57.8 Å². The number of hydrogen-bond donors (Lipinski definition) is 1. The quantitative estimate of drug-likeness (QED) is 0.116. The van der Waals surface area contributed by atoms with Gasteiger partial charge >= 0.3 is 0 Å². The zero-order valence-electron chi connectivity index (χ0n) is 28.3. The van der Waals surface area contributed by atoms with Crippen LogP contribution in [0.5, 0.6) is 5.75 Å². The Hall–Kier alpha value is -4.28. The summed E-state index contributed by atoms with van der Waals surface area (Å²) in [5.41, 5.74) is 5.70. The number of unbranched alkanes of at least 4 members (excludes halogenated alkanes) is 1. The summed E-state index contributed by atoms with van der Waals surface area (Å²) in [5.74, 6) is 1.68. The van der Waals surface area contributed by atoms with Crippen molar-refractivity contribution in [3.05, 3.63) is 90.0 Å². The highest BCUT2D eigenvalue weighted by Crippen LogP contribution is 2.33. The number of nitrogens with zero attached hydrogens (tertiary/aromatic N) is 4. The summed E-state index contributed by atoms with van der Waals surface area (Å²) in [6.07, 6.45) is 8.49. The number of ether oxygens (including phenoxy) is 2. The predicted molar refractivity (Wildman–Crippen MR) is 194 cm³/mol. The Balaban J connectivity index is 1.26. The normalized spacial score (nSPS) is 13.4. The van der Waals surface area contributed by atoms with E-state index in [0.29, 0.717) is 41.8 Å². The maximum Gasteiger partial charge on any atom is 0.251 e. The molecule has 1 aliphatic heterocycles. The minimum atomic E-state index is -1.27. The molecule has 254 valence electrons. The standard InChI is InChI=1S/C38H47N5O4S/c1-4-7-22-46-23-24-47-34-13-8-29(9-14-34)30-10-17-36-32(25-30)26-31(18-21-42(36)19-5-2)38(44)40-33-11-15-35(16-12-33)48(45)27-37-41-39-28-43(37)20-6-3/h8-17,25-26,28H,4-7,18-24,27H2,1-3H3,(H,40,44). The molecule has 0 bridgehead atoms. The molecular weight excluding hydrogens is 623 g/mol. The molecule has 0 spiro atoms. The lowest BCUT2D eigenvalue weighted by Gasteiger charge is -2.25. The number of aryl methyl sites for hydroxylation is 1. The summed E-state index contributed by atoms with van der Waals surface area (Å²) in [6, 6.07) is 21.8. The van der Waals surface area contributed by atoms with Crippen LogP contribution >= 0.6 is 0 Å². The van der Waals surface area contributed by atoms with E-state index in [2.05, 4.69) is 71.5 Å². The van der Waals surface area contributed by atoms with Crippen molar-refractivity contribution in [2.45, 2.75) is 70.1 Å². The largest absolute Gasteiger partial charge is 0.491 e. The summed E-state index contributed by atoms with van der Waals surface area (Å²) in [7, 11) is -1.27. The fourth-order valence-corrected chi connectivity index (χ4v) is 6.75. The van der Waals surface area contributed by atoms with E-state index in [1.807, 2.05) is 34.9 Å². The number of hydrogen-bond acceptors (Lipinski definition) is 7. The molecule has 1 atom stereocenters. The van der Waals surface area contributed by atoms with Crippen LogP contribution in [0.1, 0.15) is 64.3 Å². The Labute approximate surface area is 286 Å². The lowest BCUT2D eigenvalue weighted by atomic mass is 10.00. The van der Waals surface area contributed by atoms with Crippen molar-refractivity contribution in [3.63, 3.8) is 0 Å². The van der Waals surface area contributed by atoms with Gasteiger partial charge in [0.15, 0.2) is 0 Å². The van der Waals surface area contributed by atoms with Gasteiger partial charge in [-0.15, -0.1) is 10.2 Å². The molecule has 0 fully saturated rings. The molecule has 1 amide bonds. The van der Waals surface area contributed by atoms with Gasteiger partial charge in [0.1, 0.15) is 24.5 Å². The van der Waals surface area contributed by atoms with Crippen LogP contribution in [0.15, 0.2) is 83.5 Å². The first kappa shape index (κ1) is 35.0. The topological polar surface area (TPSA) is 98.6 Å². The summed E-state index contributed by atoms with van der Waals surface area (Å²) in [5, 5.41) is 11.2. The molecule has 1 N–H and O–H groups in total. The van der Waals surface area contributed by atoms with Crippen molar-refractivity contribution >= 4 is 34.2 Å². The molecule has 10 heteroatoms. The Morgan fingerprint density at radius 3 is 2.42 bits per heavy atom. The second kappa shape index (κ2) is 17.8. The summed E-state index contributed by atoms with van der Waals surface area (Å²) in [4.78, 5) is 16.6. The minimum Gasteiger partial charge on any atom is -0.491 e. The van der Waals surface area contributed by atoms with Crippen LogP contribution in [0.2, 0.25) is 0 Å². The molecule has 0 saturated carbocycles. The zero-order valence-corrected chi connectivity index (χ0v) is 29.1. The Morgan fingerprint density at radius 2 is 1.67 bits per heavy atom. The highest BCUT2D eigenvalue weighted by atomic mass is 32.2. The maximum absolute atomic E-state index is 13.6. The van der Waals surface area contributed by atoms with E-state index in [1.54, 1.807) is 18.5 Å². The number of benzene rings is 3. The van der Waals surface area contributed by atoms with Crippen molar-refractivity contribution in [1.29, 1.82) is 0 Å². The van der Waals surface area contributed by atoms with Gasteiger partial charge in [-0.2, -0.15) is 0 Å². The van der Waals surface area contributed by atoms with Crippen molar-refractivity contribution < 1.29 is 18.5 Å². The van der Waals surface area contributed by atoms with E-state index >= 15 is 0 Å². The average Bonchev–Trinajstić information content (AvgIpc) is 3.45. The smallest absolute Gasteiger partial charge is 0.251 e. The summed E-state index contributed by atoms with van der Waals surface area (Å²) in [6.45, 7) is 10.8. The first-order valence-electron chi connectivity index (χ1n) is 17.1. The molecule has 0 saturated heterocycles. The van der Waals surface area contributed by atoms with E-state index in [-0.39, 0.29) is 5.91 Å².